The van der Waals surface area contributed by atoms with Crippen LogP contribution in [0.3, 0.4) is 0 Å². The van der Waals surface area contributed by atoms with E-state index >= 15 is 0 Å². The van der Waals surface area contributed by atoms with Crippen molar-refractivity contribution in [1.29, 1.82) is 0 Å². The molecule has 2 aromatic heterocycles. The molecule has 0 amide bonds. The first-order valence-corrected chi connectivity index (χ1v) is 12.3. The topological polar surface area (TPSA) is 108 Å². The minimum atomic E-state index is -0.470. The maximum absolute atomic E-state index is 13.9. The van der Waals surface area contributed by atoms with E-state index in [1.807, 2.05) is 30.3 Å². The van der Waals surface area contributed by atoms with Gasteiger partial charge in [-0.05, 0) is 36.4 Å². The van der Waals surface area contributed by atoms with Gasteiger partial charge in [0.15, 0.2) is 0 Å². The Hall–Kier alpha value is -4.94. The monoisotopic (exact) mass is 540 g/mol. The van der Waals surface area contributed by atoms with Gasteiger partial charge in [0.1, 0.15) is 40.9 Å². The molecule has 3 N–H and O–H groups in total. The van der Waals surface area contributed by atoms with Gasteiger partial charge in [0.25, 0.3) is 5.56 Å². The predicted octanol–water partition coefficient (Wildman–Crippen LogP) is 4.61. The third-order valence-electron chi connectivity index (χ3n) is 5.89. The van der Waals surface area contributed by atoms with Crippen molar-refractivity contribution in [1.82, 2.24) is 19.5 Å². The van der Waals surface area contributed by atoms with Crippen molar-refractivity contribution < 1.29 is 9.13 Å². The number of aromatic nitrogens is 4. The molecule has 39 heavy (non-hydrogen) atoms. The number of fused-ring (bicyclic) bond motifs is 1. The second-order valence-electron chi connectivity index (χ2n) is 8.43. The molecule has 0 unspecified atom stereocenters. The molecular formula is C29H22ClFN6O2. The zero-order valence-electron chi connectivity index (χ0n) is 20.8. The van der Waals surface area contributed by atoms with E-state index in [2.05, 4.69) is 27.1 Å². The van der Waals surface area contributed by atoms with Crippen LogP contribution >= 0.6 is 11.6 Å². The van der Waals surface area contributed by atoms with Gasteiger partial charge in [-0.15, -0.1) is 0 Å². The minimum absolute atomic E-state index is 0.169. The van der Waals surface area contributed by atoms with Gasteiger partial charge < -0.3 is 15.8 Å². The molecule has 0 atom stereocenters. The van der Waals surface area contributed by atoms with E-state index in [9.17, 15) is 9.18 Å². The van der Waals surface area contributed by atoms with Gasteiger partial charge in [-0.25, -0.2) is 19.3 Å². The van der Waals surface area contributed by atoms with Crippen LogP contribution in [-0.2, 0) is 6.42 Å². The van der Waals surface area contributed by atoms with Gasteiger partial charge in [-0.1, -0.05) is 47.7 Å². The van der Waals surface area contributed by atoms with Crippen molar-refractivity contribution in [3.63, 3.8) is 0 Å². The highest BCUT2D eigenvalue weighted by Crippen LogP contribution is 2.22. The van der Waals surface area contributed by atoms with Gasteiger partial charge in [0.05, 0.1) is 28.7 Å². The summed E-state index contributed by atoms with van der Waals surface area (Å²) in [6, 6.07) is 18.6. The first-order valence-electron chi connectivity index (χ1n) is 11.9. The number of halogens is 2. The molecule has 5 rings (SSSR count). The van der Waals surface area contributed by atoms with Crippen LogP contribution in [0.15, 0.2) is 77.9 Å². The van der Waals surface area contributed by atoms with Crippen molar-refractivity contribution in [2.45, 2.75) is 6.42 Å². The van der Waals surface area contributed by atoms with Crippen LogP contribution < -0.4 is 21.3 Å². The van der Waals surface area contributed by atoms with Crippen LogP contribution in [0.25, 0.3) is 16.6 Å². The highest BCUT2D eigenvalue weighted by molar-refractivity contribution is 6.35. The van der Waals surface area contributed by atoms with E-state index in [4.69, 9.17) is 27.1 Å². The smallest absolute Gasteiger partial charge is 0.267 e. The lowest BCUT2D eigenvalue weighted by Gasteiger charge is -2.15. The molecule has 0 spiro atoms. The number of nitrogen functional groups attached to an aromatic ring is 1. The molecule has 0 saturated carbocycles. The molecule has 8 nitrogen and oxygen atoms in total. The maximum atomic E-state index is 13.9. The van der Waals surface area contributed by atoms with E-state index < -0.39 is 5.82 Å². The maximum Gasteiger partial charge on any atom is 0.267 e. The Morgan fingerprint density at radius 3 is 2.69 bits per heavy atom. The van der Waals surface area contributed by atoms with Gasteiger partial charge in [-0.3, -0.25) is 9.36 Å². The molecule has 10 heteroatoms. The third kappa shape index (κ3) is 5.51. The van der Waals surface area contributed by atoms with Crippen molar-refractivity contribution in [2.24, 2.45) is 0 Å². The number of hydrogen-bond donors (Lipinski definition) is 2. The van der Waals surface area contributed by atoms with E-state index in [0.29, 0.717) is 63.1 Å². The Morgan fingerprint density at radius 1 is 1.08 bits per heavy atom. The molecule has 194 valence electrons. The second kappa shape index (κ2) is 11.2. The van der Waals surface area contributed by atoms with Gasteiger partial charge in [0.2, 0.25) is 0 Å². The Kier molecular flexibility index (Phi) is 7.39. The lowest BCUT2D eigenvalue weighted by Crippen LogP contribution is -2.25. The van der Waals surface area contributed by atoms with Crippen LogP contribution in [0.4, 0.5) is 16.0 Å². The first kappa shape index (κ1) is 25.7. The number of benzene rings is 3. The highest BCUT2D eigenvalue weighted by Gasteiger charge is 2.15. The molecule has 0 aliphatic heterocycles. The number of rotatable bonds is 6. The lowest BCUT2D eigenvalue weighted by molar-refractivity contribution is 0.411. The summed E-state index contributed by atoms with van der Waals surface area (Å²) in [6.07, 6.45) is 1.69. The summed E-state index contributed by atoms with van der Waals surface area (Å²) in [5, 5.41) is 3.92. The number of ether oxygens (including phenoxy) is 1. The van der Waals surface area contributed by atoms with Crippen LogP contribution in [0.1, 0.15) is 17.0 Å². The van der Waals surface area contributed by atoms with Crippen LogP contribution in [-0.4, -0.2) is 33.2 Å². The molecular weight excluding hydrogens is 519 g/mol. The van der Waals surface area contributed by atoms with Gasteiger partial charge in [-0.2, -0.15) is 0 Å². The van der Waals surface area contributed by atoms with E-state index in [-0.39, 0.29) is 11.4 Å². The van der Waals surface area contributed by atoms with Gasteiger partial charge >= 0.3 is 0 Å². The normalized spacial score (nSPS) is 10.6. The molecule has 0 aliphatic carbocycles. The summed E-state index contributed by atoms with van der Waals surface area (Å²) in [5.41, 5.74) is 7.79. The minimum Gasteiger partial charge on any atom is -0.497 e. The summed E-state index contributed by atoms with van der Waals surface area (Å²) in [7, 11) is 1.45. The van der Waals surface area contributed by atoms with Crippen molar-refractivity contribution in [3.8, 4) is 23.3 Å². The number of nitrogens with one attached hydrogen (secondary N) is 1. The molecule has 0 fully saturated rings. The first-order chi connectivity index (χ1) is 18.9. The van der Waals surface area contributed by atoms with E-state index in [0.717, 1.165) is 0 Å². The Morgan fingerprint density at radius 2 is 1.90 bits per heavy atom. The SMILES string of the molecule is COc1cc(F)cc(C#Cc2c(N)ncnc2NCCc2nc3cccc(Cl)c3c(=O)n2-c2ccccc2)c1. The fourth-order valence-corrected chi connectivity index (χ4v) is 4.33. The largest absolute Gasteiger partial charge is 0.497 e. The molecule has 5 aromatic rings. The number of hydrogen-bond acceptors (Lipinski definition) is 7. The van der Waals surface area contributed by atoms with Crippen LogP contribution in [0.5, 0.6) is 5.75 Å². The molecule has 0 bridgehead atoms. The van der Waals surface area contributed by atoms with Crippen LogP contribution in [0.2, 0.25) is 5.02 Å². The summed E-state index contributed by atoms with van der Waals surface area (Å²) >= 11 is 6.36. The summed E-state index contributed by atoms with van der Waals surface area (Å²) in [6.45, 7) is 0.351. The molecule has 0 saturated heterocycles. The number of anilines is 2. The van der Waals surface area contributed by atoms with Gasteiger partial charge in [0, 0.05) is 24.6 Å². The fraction of sp³-hybridized carbons (Fsp3) is 0.103. The summed E-state index contributed by atoms with van der Waals surface area (Å²) < 4.78 is 20.5. The quantitative estimate of drug-likeness (QED) is 0.303. The van der Waals surface area contributed by atoms with Crippen molar-refractivity contribution in [2.75, 3.05) is 24.7 Å². The Balaban J connectivity index is 1.46. The molecule has 0 aliphatic rings. The van der Waals surface area contributed by atoms with Crippen molar-refractivity contribution in [3.05, 3.63) is 111 Å². The Labute approximate surface area is 228 Å². The van der Waals surface area contributed by atoms with Crippen molar-refractivity contribution >= 4 is 34.1 Å². The predicted molar refractivity (Wildman–Crippen MR) is 150 cm³/mol. The summed E-state index contributed by atoms with van der Waals surface area (Å²) in [4.78, 5) is 26.6. The number of nitrogens with two attached hydrogens (primary N) is 1. The van der Waals surface area contributed by atoms with E-state index in [1.54, 1.807) is 28.8 Å². The zero-order chi connectivity index (χ0) is 27.4. The lowest BCUT2D eigenvalue weighted by atomic mass is 10.2. The fourth-order valence-electron chi connectivity index (χ4n) is 4.08. The highest BCUT2D eigenvalue weighted by atomic mass is 35.5. The molecule has 0 radical (unpaired) electrons. The molecule has 2 heterocycles. The Bertz CT molecular complexity index is 1800. The third-order valence-corrected chi connectivity index (χ3v) is 6.20. The van der Waals surface area contributed by atoms with E-state index in [1.165, 1.54) is 25.6 Å². The summed E-state index contributed by atoms with van der Waals surface area (Å²) in [5.74, 6) is 6.81. The number of para-hydroxylation sites is 1. The number of methoxy groups -OCH3 is 1. The average Bonchev–Trinajstić information content (AvgIpc) is 2.93. The second-order valence-corrected chi connectivity index (χ2v) is 8.83. The average molecular weight is 541 g/mol. The molecule has 3 aromatic carbocycles. The standard InChI is InChI=1S/C29H22ClFN6O2/c1-39-21-15-18(14-19(31)16-21)10-11-22-27(32)34-17-35-28(22)33-13-12-25-36-24-9-5-8-23(30)26(24)29(38)37(25)20-6-3-2-4-7-20/h2-9,14-17H,12-13H2,1H3,(H3,32,33,34,35). The van der Waals surface area contributed by atoms with Crippen LogP contribution in [0, 0.1) is 17.7 Å². The number of nitrogens with zero attached hydrogens (tertiary/aromatic N) is 4. The zero-order valence-corrected chi connectivity index (χ0v) is 21.5.